The SMILES string of the molecule is CCC1OCC(CC)(COC)CO1. The van der Waals surface area contributed by atoms with Gasteiger partial charge in [-0.1, -0.05) is 13.8 Å². The van der Waals surface area contributed by atoms with E-state index < -0.39 is 0 Å². The quantitative estimate of drug-likeness (QED) is 0.673. The van der Waals surface area contributed by atoms with E-state index in [0.717, 1.165) is 32.7 Å². The van der Waals surface area contributed by atoms with Gasteiger partial charge in [-0.3, -0.25) is 0 Å². The molecule has 1 fully saturated rings. The molecule has 1 aliphatic heterocycles. The fourth-order valence-electron chi connectivity index (χ4n) is 1.56. The number of hydrogen-bond acceptors (Lipinski definition) is 3. The van der Waals surface area contributed by atoms with Crippen LogP contribution in [0.15, 0.2) is 0 Å². The lowest BCUT2D eigenvalue weighted by atomic mass is 9.87. The number of rotatable bonds is 4. The Morgan fingerprint density at radius 1 is 1.31 bits per heavy atom. The van der Waals surface area contributed by atoms with Crippen LogP contribution in [-0.4, -0.2) is 33.2 Å². The van der Waals surface area contributed by atoms with E-state index in [9.17, 15) is 0 Å². The van der Waals surface area contributed by atoms with Crippen LogP contribution in [-0.2, 0) is 14.2 Å². The van der Waals surface area contributed by atoms with E-state index in [1.54, 1.807) is 7.11 Å². The molecular weight excluding hydrogens is 168 g/mol. The summed E-state index contributed by atoms with van der Waals surface area (Å²) in [5, 5.41) is 0. The Bertz CT molecular complexity index is 139. The Morgan fingerprint density at radius 3 is 2.31 bits per heavy atom. The average Bonchev–Trinajstić information content (AvgIpc) is 2.19. The molecule has 3 nitrogen and oxygen atoms in total. The summed E-state index contributed by atoms with van der Waals surface area (Å²) < 4.78 is 16.4. The zero-order valence-electron chi connectivity index (χ0n) is 8.84. The van der Waals surface area contributed by atoms with Crippen LogP contribution < -0.4 is 0 Å². The van der Waals surface area contributed by atoms with Crippen LogP contribution in [0.2, 0.25) is 0 Å². The minimum atomic E-state index is -0.00321. The smallest absolute Gasteiger partial charge is 0.157 e. The molecule has 1 saturated heterocycles. The highest BCUT2D eigenvalue weighted by molar-refractivity contribution is 4.80. The summed E-state index contributed by atoms with van der Waals surface area (Å²) in [6.07, 6.45) is 1.96. The first-order valence-corrected chi connectivity index (χ1v) is 4.98. The Balaban J connectivity index is 2.42. The van der Waals surface area contributed by atoms with Crippen molar-refractivity contribution in [2.75, 3.05) is 26.9 Å². The molecule has 1 heterocycles. The molecule has 0 radical (unpaired) electrons. The van der Waals surface area contributed by atoms with Gasteiger partial charge in [-0.15, -0.1) is 0 Å². The minimum Gasteiger partial charge on any atom is -0.384 e. The molecule has 1 rings (SSSR count). The van der Waals surface area contributed by atoms with E-state index in [1.807, 2.05) is 0 Å². The van der Waals surface area contributed by atoms with Crippen LogP contribution in [0.5, 0.6) is 0 Å². The van der Waals surface area contributed by atoms with Gasteiger partial charge in [0.25, 0.3) is 0 Å². The summed E-state index contributed by atoms with van der Waals surface area (Å²) in [4.78, 5) is 0. The van der Waals surface area contributed by atoms with Crippen molar-refractivity contribution in [2.45, 2.75) is 33.0 Å². The molecule has 3 heteroatoms. The van der Waals surface area contributed by atoms with E-state index >= 15 is 0 Å². The maximum absolute atomic E-state index is 5.58. The van der Waals surface area contributed by atoms with Gasteiger partial charge in [0.15, 0.2) is 6.29 Å². The summed E-state index contributed by atoms with van der Waals surface area (Å²) in [5.41, 5.74) is 0.0837. The van der Waals surface area contributed by atoms with Gasteiger partial charge < -0.3 is 14.2 Å². The second-order valence-electron chi connectivity index (χ2n) is 3.75. The highest BCUT2D eigenvalue weighted by Crippen LogP contribution is 2.29. The summed E-state index contributed by atoms with van der Waals surface area (Å²) in [5.74, 6) is 0. The molecule has 0 unspecified atom stereocenters. The van der Waals surface area contributed by atoms with Gasteiger partial charge in [0.2, 0.25) is 0 Å². The number of ether oxygens (including phenoxy) is 3. The molecule has 0 aromatic rings. The van der Waals surface area contributed by atoms with Gasteiger partial charge in [0.05, 0.1) is 19.8 Å². The zero-order valence-corrected chi connectivity index (χ0v) is 8.84. The van der Waals surface area contributed by atoms with Crippen molar-refractivity contribution in [2.24, 2.45) is 5.41 Å². The normalized spacial score (nSPS) is 34.8. The molecule has 1 aliphatic rings. The van der Waals surface area contributed by atoms with Crippen molar-refractivity contribution in [3.05, 3.63) is 0 Å². The molecular formula is C10H20O3. The number of methoxy groups -OCH3 is 1. The van der Waals surface area contributed by atoms with Crippen LogP contribution in [0.25, 0.3) is 0 Å². The first-order valence-electron chi connectivity index (χ1n) is 4.98. The van der Waals surface area contributed by atoms with Gasteiger partial charge in [0, 0.05) is 12.5 Å². The minimum absolute atomic E-state index is 0.00321. The predicted octanol–water partition coefficient (Wildman–Crippen LogP) is 1.81. The molecule has 0 bridgehead atoms. The van der Waals surface area contributed by atoms with Crippen molar-refractivity contribution in [3.63, 3.8) is 0 Å². The van der Waals surface area contributed by atoms with Crippen LogP contribution >= 0.6 is 0 Å². The fourth-order valence-corrected chi connectivity index (χ4v) is 1.56. The average molecular weight is 188 g/mol. The van der Waals surface area contributed by atoms with Crippen molar-refractivity contribution < 1.29 is 14.2 Å². The van der Waals surface area contributed by atoms with Gasteiger partial charge in [-0.05, 0) is 12.8 Å². The molecule has 0 atom stereocenters. The lowest BCUT2D eigenvalue weighted by molar-refractivity contribution is -0.239. The lowest BCUT2D eigenvalue weighted by Gasteiger charge is -2.38. The Labute approximate surface area is 80.4 Å². The highest BCUT2D eigenvalue weighted by Gasteiger charge is 2.34. The van der Waals surface area contributed by atoms with Crippen LogP contribution in [0.1, 0.15) is 26.7 Å². The Kier molecular flexibility index (Phi) is 4.16. The number of hydrogen-bond donors (Lipinski definition) is 0. The van der Waals surface area contributed by atoms with Crippen LogP contribution in [0.3, 0.4) is 0 Å². The maximum Gasteiger partial charge on any atom is 0.157 e. The third-order valence-electron chi connectivity index (χ3n) is 2.68. The predicted molar refractivity (Wildman–Crippen MR) is 50.6 cm³/mol. The Morgan fingerprint density at radius 2 is 1.92 bits per heavy atom. The molecule has 0 spiro atoms. The standard InChI is InChI=1S/C10H20O3/c1-4-9-12-7-10(5-2,6-11-3)8-13-9/h9H,4-8H2,1-3H3. The van der Waals surface area contributed by atoms with Crippen molar-refractivity contribution in [3.8, 4) is 0 Å². The van der Waals surface area contributed by atoms with Gasteiger partial charge in [-0.25, -0.2) is 0 Å². The first-order chi connectivity index (χ1) is 6.26. The second kappa shape index (κ2) is 4.94. The Hall–Kier alpha value is -0.120. The van der Waals surface area contributed by atoms with Crippen LogP contribution in [0.4, 0.5) is 0 Å². The zero-order chi connectivity index (χ0) is 9.73. The van der Waals surface area contributed by atoms with Gasteiger partial charge >= 0.3 is 0 Å². The molecule has 13 heavy (non-hydrogen) atoms. The molecule has 0 N–H and O–H groups in total. The van der Waals surface area contributed by atoms with Crippen LogP contribution in [0, 0.1) is 5.41 Å². The van der Waals surface area contributed by atoms with Gasteiger partial charge in [0.1, 0.15) is 0 Å². The van der Waals surface area contributed by atoms with Crippen molar-refractivity contribution >= 4 is 0 Å². The maximum atomic E-state index is 5.58. The molecule has 0 saturated carbocycles. The largest absolute Gasteiger partial charge is 0.384 e. The third kappa shape index (κ3) is 2.66. The molecule has 0 aliphatic carbocycles. The third-order valence-corrected chi connectivity index (χ3v) is 2.68. The lowest BCUT2D eigenvalue weighted by Crippen LogP contribution is -2.44. The highest BCUT2D eigenvalue weighted by atomic mass is 16.7. The van der Waals surface area contributed by atoms with E-state index in [4.69, 9.17) is 14.2 Å². The van der Waals surface area contributed by atoms with E-state index in [1.165, 1.54) is 0 Å². The van der Waals surface area contributed by atoms with Crippen molar-refractivity contribution in [1.29, 1.82) is 0 Å². The fraction of sp³-hybridized carbons (Fsp3) is 1.00. The topological polar surface area (TPSA) is 27.7 Å². The first kappa shape index (κ1) is 11.0. The second-order valence-corrected chi connectivity index (χ2v) is 3.75. The summed E-state index contributed by atoms with van der Waals surface area (Å²) in [6, 6.07) is 0. The summed E-state index contributed by atoms with van der Waals surface area (Å²) >= 11 is 0. The van der Waals surface area contributed by atoms with Gasteiger partial charge in [-0.2, -0.15) is 0 Å². The monoisotopic (exact) mass is 188 g/mol. The summed E-state index contributed by atoms with van der Waals surface area (Å²) in [7, 11) is 1.73. The molecule has 78 valence electrons. The summed E-state index contributed by atoms with van der Waals surface area (Å²) in [6.45, 7) is 6.46. The van der Waals surface area contributed by atoms with Crippen molar-refractivity contribution in [1.82, 2.24) is 0 Å². The molecule has 0 amide bonds. The van der Waals surface area contributed by atoms with E-state index in [0.29, 0.717) is 0 Å². The van der Waals surface area contributed by atoms with E-state index in [2.05, 4.69) is 13.8 Å². The molecule has 0 aromatic carbocycles. The molecule has 0 aromatic heterocycles. The van der Waals surface area contributed by atoms with E-state index in [-0.39, 0.29) is 11.7 Å².